The second-order valence-electron chi connectivity index (χ2n) is 4.33. The Kier molecular flexibility index (Phi) is 3.40. The number of nitrogens with one attached hydrogen (secondary N) is 1. The SMILES string of the molecule is CNC1CCOCC1c1nc(-c2ccsc2)no1. The number of hydrogen-bond donors (Lipinski definition) is 1. The molecule has 0 amide bonds. The molecule has 2 atom stereocenters. The van der Waals surface area contributed by atoms with Gasteiger partial charge in [-0.3, -0.25) is 0 Å². The lowest BCUT2D eigenvalue weighted by Crippen LogP contribution is -2.39. The fourth-order valence-electron chi connectivity index (χ4n) is 2.22. The second-order valence-corrected chi connectivity index (χ2v) is 5.11. The highest BCUT2D eigenvalue weighted by Gasteiger charge is 2.30. The molecule has 1 saturated heterocycles. The van der Waals surface area contributed by atoms with E-state index in [4.69, 9.17) is 9.26 Å². The highest BCUT2D eigenvalue weighted by atomic mass is 32.1. The first kappa shape index (κ1) is 11.8. The van der Waals surface area contributed by atoms with E-state index >= 15 is 0 Å². The summed E-state index contributed by atoms with van der Waals surface area (Å²) in [7, 11) is 1.96. The summed E-state index contributed by atoms with van der Waals surface area (Å²) in [6.45, 7) is 1.42. The Bertz CT molecular complexity index is 497. The fourth-order valence-corrected chi connectivity index (χ4v) is 2.86. The number of hydrogen-bond acceptors (Lipinski definition) is 6. The lowest BCUT2D eigenvalue weighted by atomic mass is 9.96. The molecule has 0 spiro atoms. The summed E-state index contributed by atoms with van der Waals surface area (Å²) in [5.41, 5.74) is 1.01. The number of thiophene rings is 1. The van der Waals surface area contributed by atoms with Gasteiger partial charge in [0.2, 0.25) is 11.7 Å². The molecule has 0 saturated carbocycles. The van der Waals surface area contributed by atoms with Gasteiger partial charge in [-0.15, -0.1) is 0 Å². The number of aromatic nitrogens is 2. The van der Waals surface area contributed by atoms with Crippen LogP contribution in [0.25, 0.3) is 11.4 Å². The minimum Gasteiger partial charge on any atom is -0.381 e. The van der Waals surface area contributed by atoms with Crippen molar-refractivity contribution < 1.29 is 9.26 Å². The molecule has 1 N–H and O–H groups in total. The van der Waals surface area contributed by atoms with Gasteiger partial charge in [-0.25, -0.2) is 0 Å². The first-order chi connectivity index (χ1) is 8.88. The highest BCUT2D eigenvalue weighted by Crippen LogP contribution is 2.27. The molecular formula is C12H15N3O2S. The van der Waals surface area contributed by atoms with E-state index in [0.717, 1.165) is 18.6 Å². The molecule has 0 bridgehead atoms. The van der Waals surface area contributed by atoms with E-state index in [-0.39, 0.29) is 5.92 Å². The van der Waals surface area contributed by atoms with Gasteiger partial charge in [0.25, 0.3) is 0 Å². The van der Waals surface area contributed by atoms with Gasteiger partial charge < -0.3 is 14.6 Å². The molecule has 6 heteroatoms. The van der Waals surface area contributed by atoms with Crippen molar-refractivity contribution in [2.45, 2.75) is 18.4 Å². The zero-order chi connectivity index (χ0) is 12.4. The molecule has 0 radical (unpaired) electrons. The largest absolute Gasteiger partial charge is 0.381 e. The van der Waals surface area contributed by atoms with Gasteiger partial charge in [0.15, 0.2) is 0 Å². The number of nitrogens with zero attached hydrogens (tertiary/aromatic N) is 2. The maximum Gasteiger partial charge on any atom is 0.233 e. The Morgan fingerprint density at radius 1 is 1.50 bits per heavy atom. The Morgan fingerprint density at radius 2 is 2.44 bits per heavy atom. The van der Waals surface area contributed by atoms with Crippen LogP contribution in [0.3, 0.4) is 0 Å². The van der Waals surface area contributed by atoms with E-state index in [2.05, 4.69) is 15.5 Å². The molecule has 0 aromatic carbocycles. The molecule has 2 aromatic heterocycles. The number of likely N-dealkylation sites (N-methyl/N-ethyl adjacent to an activating group) is 1. The van der Waals surface area contributed by atoms with E-state index in [1.54, 1.807) is 11.3 Å². The zero-order valence-corrected chi connectivity index (χ0v) is 10.9. The lowest BCUT2D eigenvalue weighted by Gasteiger charge is -2.28. The van der Waals surface area contributed by atoms with Gasteiger partial charge in [0, 0.05) is 23.6 Å². The van der Waals surface area contributed by atoms with Gasteiger partial charge >= 0.3 is 0 Å². The molecule has 1 fully saturated rings. The van der Waals surface area contributed by atoms with Crippen LogP contribution < -0.4 is 5.32 Å². The predicted molar refractivity (Wildman–Crippen MR) is 68.6 cm³/mol. The molecule has 3 heterocycles. The Hall–Kier alpha value is -1.24. The Balaban J connectivity index is 1.84. The molecule has 96 valence electrons. The summed E-state index contributed by atoms with van der Waals surface area (Å²) in [4.78, 5) is 4.48. The molecule has 3 rings (SSSR count). The number of rotatable bonds is 3. The normalized spacial score (nSPS) is 24.3. The Morgan fingerprint density at radius 3 is 3.22 bits per heavy atom. The highest BCUT2D eigenvalue weighted by molar-refractivity contribution is 7.08. The van der Waals surface area contributed by atoms with Gasteiger partial charge in [-0.1, -0.05) is 5.16 Å². The van der Waals surface area contributed by atoms with Crippen LogP contribution in [0.1, 0.15) is 18.2 Å². The van der Waals surface area contributed by atoms with Crippen LogP contribution in [0.4, 0.5) is 0 Å². The van der Waals surface area contributed by atoms with Crippen molar-refractivity contribution in [3.05, 3.63) is 22.7 Å². The average molecular weight is 265 g/mol. The van der Waals surface area contributed by atoms with Crippen molar-refractivity contribution in [1.29, 1.82) is 0 Å². The number of ether oxygens (including phenoxy) is 1. The molecular weight excluding hydrogens is 250 g/mol. The van der Waals surface area contributed by atoms with Crippen LogP contribution in [0.15, 0.2) is 21.3 Å². The van der Waals surface area contributed by atoms with Crippen LogP contribution >= 0.6 is 11.3 Å². The van der Waals surface area contributed by atoms with Gasteiger partial charge in [-0.2, -0.15) is 16.3 Å². The summed E-state index contributed by atoms with van der Waals surface area (Å²) in [6.07, 6.45) is 0.970. The quantitative estimate of drug-likeness (QED) is 0.918. The topological polar surface area (TPSA) is 60.2 Å². The summed E-state index contributed by atoms with van der Waals surface area (Å²) in [6, 6.07) is 2.33. The Labute approximate surface area is 109 Å². The molecule has 1 aliphatic heterocycles. The van der Waals surface area contributed by atoms with Gasteiger partial charge in [0.1, 0.15) is 0 Å². The van der Waals surface area contributed by atoms with E-state index in [9.17, 15) is 0 Å². The second kappa shape index (κ2) is 5.17. The third-order valence-electron chi connectivity index (χ3n) is 3.27. The standard InChI is InChI=1S/C12H15N3O2S/c1-13-10-2-4-16-6-9(10)12-14-11(15-17-12)8-3-5-18-7-8/h3,5,7,9-10,13H,2,4,6H2,1H3. The van der Waals surface area contributed by atoms with Crippen molar-refractivity contribution >= 4 is 11.3 Å². The maximum absolute atomic E-state index is 5.50. The molecule has 1 aliphatic rings. The molecule has 2 aromatic rings. The summed E-state index contributed by atoms with van der Waals surface area (Å²) >= 11 is 1.63. The van der Waals surface area contributed by atoms with Crippen molar-refractivity contribution in [1.82, 2.24) is 15.5 Å². The lowest BCUT2D eigenvalue weighted by molar-refractivity contribution is 0.0516. The zero-order valence-electron chi connectivity index (χ0n) is 10.1. The van der Waals surface area contributed by atoms with Crippen molar-refractivity contribution in [3.63, 3.8) is 0 Å². The first-order valence-corrected chi connectivity index (χ1v) is 6.94. The van der Waals surface area contributed by atoms with Crippen LogP contribution in [0.2, 0.25) is 0 Å². The smallest absolute Gasteiger partial charge is 0.233 e. The van der Waals surface area contributed by atoms with Crippen LogP contribution in [-0.4, -0.2) is 36.4 Å². The van der Waals surface area contributed by atoms with Crippen molar-refractivity contribution in [3.8, 4) is 11.4 Å². The van der Waals surface area contributed by atoms with Crippen LogP contribution in [-0.2, 0) is 4.74 Å². The summed E-state index contributed by atoms with van der Waals surface area (Å²) in [5.74, 6) is 1.46. The van der Waals surface area contributed by atoms with Gasteiger partial charge in [-0.05, 0) is 24.9 Å². The third kappa shape index (κ3) is 2.19. The van der Waals surface area contributed by atoms with Crippen LogP contribution in [0, 0.1) is 0 Å². The molecule has 18 heavy (non-hydrogen) atoms. The maximum atomic E-state index is 5.50. The molecule has 2 unspecified atom stereocenters. The molecule has 5 nitrogen and oxygen atoms in total. The fraction of sp³-hybridized carbons (Fsp3) is 0.500. The minimum absolute atomic E-state index is 0.142. The third-order valence-corrected chi connectivity index (χ3v) is 3.95. The monoisotopic (exact) mass is 265 g/mol. The summed E-state index contributed by atoms with van der Waals surface area (Å²) < 4.78 is 10.9. The van der Waals surface area contributed by atoms with Crippen molar-refractivity contribution in [2.75, 3.05) is 20.3 Å². The molecule has 0 aliphatic carbocycles. The first-order valence-electron chi connectivity index (χ1n) is 5.99. The van der Waals surface area contributed by atoms with Gasteiger partial charge in [0.05, 0.1) is 12.5 Å². The van der Waals surface area contributed by atoms with Crippen LogP contribution in [0.5, 0.6) is 0 Å². The van der Waals surface area contributed by atoms with E-state index in [0.29, 0.717) is 24.4 Å². The minimum atomic E-state index is 0.142. The van der Waals surface area contributed by atoms with E-state index in [1.165, 1.54) is 0 Å². The summed E-state index contributed by atoms with van der Waals surface area (Å²) in [5, 5.41) is 11.4. The van der Waals surface area contributed by atoms with Crippen molar-refractivity contribution in [2.24, 2.45) is 0 Å². The van der Waals surface area contributed by atoms with E-state index < -0.39 is 0 Å². The average Bonchev–Trinajstić information content (AvgIpc) is 3.09. The van der Waals surface area contributed by atoms with E-state index in [1.807, 2.05) is 23.9 Å². The predicted octanol–water partition coefficient (Wildman–Crippen LogP) is 1.89.